The Kier molecular flexibility index (Phi) is 8.11. The van der Waals surface area contributed by atoms with Crippen LogP contribution < -0.4 is 15.6 Å². The quantitative estimate of drug-likeness (QED) is 0.292. The smallest absolute Gasteiger partial charge is 0.263 e. The van der Waals surface area contributed by atoms with Crippen LogP contribution in [0.15, 0.2) is 47.4 Å². The maximum Gasteiger partial charge on any atom is 0.263 e. The first-order valence-corrected chi connectivity index (χ1v) is 12.6. The van der Waals surface area contributed by atoms with Crippen LogP contribution in [0.4, 0.5) is 0 Å². The lowest BCUT2D eigenvalue weighted by molar-refractivity contribution is 0.0949. The summed E-state index contributed by atoms with van der Waals surface area (Å²) in [6, 6.07) is 12.0. The third-order valence-corrected chi connectivity index (χ3v) is 7.87. The van der Waals surface area contributed by atoms with Crippen LogP contribution in [-0.4, -0.2) is 88.7 Å². The number of nitrogens with one attached hydrogen (secondary N) is 1. The van der Waals surface area contributed by atoms with E-state index in [0.29, 0.717) is 29.3 Å². The Bertz CT molecular complexity index is 1480. The monoisotopic (exact) mass is 523 g/mol. The van der Waals surface area contributed by atoms with Crippen molar-refractivity contribution in [3.05, 3.63) is 69.6 Å². The lowest BCUT2D eigenvalue weighted by Crippen LogP contribution is -2.61. The molecular formula is C24H19B6N5O3S. The standard InChI is InChI=1S/C24H19B6N5O3S/c1-34-18-16(10-17(21(34)37)19(36)33-12-15-4-2-14(11-31)3-5-15)6-9-32-20(18)38-13-22(7-8-22)39-35(23(25,26)27)24(28,29)30/h2-6,9-10H,7-8,12-13H2,1H3,(H,33,36). The molecule has 12 radical (unpaired) electrons. The predicted octanol–water partition coefficient (Wildman–Crippen LogP) is -0.170. The summed E-state index contributed by atoms with van der Waals surface area (Å²) in [6.45, 7) is 0.339. The highest BCUT2D eigenvalue weighted by molar-refractivity contribution is 7.99. The number of nitriles is 1. The first kappa shape index (κ1) is 29.0. The van der Waals surface area contributed by atoms with Crippen LogP contribution in [0.25, 0.3) is 10.9 Å². The van der Waals surface area contributed by atoms with E-state index in [1.54, 1.807) is 30.3 Å². The highest BCUT2D eigenvalue weighted by Gasteiger charge is 2.49. The summed E-state index contributed by atoms with van der Waals surface area (Å²) in [5.41, 5.74) is 1.17. The highest BCUT2D eigenvalue weighted by atomic mass is 32.2. The Morgan fingerprint density at radius 3 is 2.38 bits per heavy atom. The van der Waals surface area contributed by atoms with Gasteiger partial charge in [0.1, 0.15) is 17.7 Å². The Hall–Kier alpha value is -2.96. The number of pyridine rings is 2. The fourth-order valence-electron chi connectivity index (χ4n) is 3.93. The molecule has 8 nitrogen and oxygen atoms in total. The van der Waals surface area contributed by atoms with Crippen molar-refractivity contribution in [2.75, 3.05) is 6.61 Å². The number of aromatic nitrogens is 2. The summed E-state index contributed by atoms with van der Waals surface area (Å²) in [5, 5.41) is 8.47. The topological polar surface area (TPSA) is 100 Å². The summed E-state index contributed by atoms with van der Waals surface area (Å²) in [5.74, 6) is -0.327. The Morgan fingerprint density at radius 2 is 1.82 bits per heavy atom. The van der Waals surface area contributed by atoms with E-state index in [1.807, 2.05) is 6.07 Å². The molecule has 1 aromatic carbocycles. The number of hydrogen-bond acceptors (Lipinski definition) is 7. The highest BCUT2D eigenvalue weighted by Crippen LogP contribution is 2.52. The van der Waals surface area contributed by atoms with Gasteiger partial charge < -0.3 is 14.6 Å². The SMILES string of the molecule is [B]C([B])([B])N(SC1(COc2nccc3cc(C(=O)NCc4ccc(C#N)cc4)c(=O)n(C)c23)CC1)C([B])([B])[B]. The van der Waals surface area contributed by atoms with Crippen molar-refractivity contribution < 1.29 is 9.53 Å². The minimum atomic E-state index is -1.89. The van der Waals surface area contributed by atoms with Gasteiger partial charge in [0.2, 0.25) is 5.88 Å². The molecule has 2 aromatic heterocycles. The van der Waals surface area contributed by atoms with Crippen molar-refractivity contribution in [1.82, 2.24) is 19.2 Å². The molecule has 3 aromatic rings. The molecule has 15 heteroatoms. The molecule has 1 aliphatic carbocycles. The molecule has 0 unspecified atom stereocenters. The lowest BCUT2D eigenvalue weighted by atomic mass is 9.42. The number of ether oxygens (including phenoxy) is 1. The molecule has 2 heterocycles. The van der Waals surface area contributed by atoms with Crippen molar-refractivity contribution in [1.29, 1.82) is 5.26 Å². The van der Waals surface area contributed by atoms with Crippen molar-refractivity contribution in [3.8, 4) is 11.9 Å². The van der Waals surface area contributed by atoms with Crippen LogP contribution >= 0.6 is 11.9 Å². The number of hydrogen-bond donors (Lipinski definition) is 1. The van der Waals surface area contributed by atoms with Gasteiger partial charge in [-0.3, -0.25) is 13.9 Å². The molecule has 0 aliphatic heterocycles. The normalized spacial score (nSPS) is 14.6. The zero-order valence-corrected chi connectivity index (χ0v) is 22.1. The van der Waals surface area contributed by atoms with Crippen LogP contribution in [0, 0.1) is 11.3 Å². The molecule has 1 saturated carbocycles. The van der Waals surface area contributed by atoms with Crippen molar-refractivity contribution in [2.24, 2.45) is 7.05 Å². The van der Waals surface area contributed by atoms with E-state index in [1.165, 1.54) is 23.9 Å². The fourth-order valence-corrected chi connectivity index (χ4v) is 5.03. The van der Waals surface area contributed by atoms with Gasteiger partial charge in [0.25, 0.3) is 11.5 Å². The molecule has 1 amide bonds. The maximum atomic E-state index is 13.1. The first-order valence-electron chi connectivity index (χ1n) is 11.9. The van der Waals surface area contributed by atoms with Gasteiger partial charge in [0, 0.05) is 25.2 Å². The second kappa shape index (κ2) is 10.9. The molecule has 182 valence electrons. The molecule has 0 bridgehead atoms. The Balaban J connectivity index is 1.53. The molecule has 39 heavy (non-hydrogen) atoms. The molecule has 0 spiro atoms. The van der Waals surface area contributed by atoms with E-state index >= 15 is 0 Å². The summed E-state index contributed by atoms with van der Waals surface area (Å²) in [4.78, 5) is 30.3. The largest absolute Gasteiger partial charge is 0.475 e. The number of fused-ring (bicyclic) bond motifs is 1. The van der Waals surface area contributed by atoms with Crippen molar-refractivity contribution in [2.45, 2.75) is 34.6 Å². The van der Waals surface area contributed by atoms with E-state index in [4.69, 9.17) is 57.1 Å². The van der Waals surface area contributed by atoms with Gasteiger partial charge in [-0.1, -0.05) is 34.6 Å². The minimum Gasteiger partial charge on any atom is -0.475 e. The van der Waals surface area contributed by atoms with Gasteiger partial charge in [-0.15, -0.1) is 0 Å². The van der Waals surface area contributed by atoms with E-state index in [0.717, 1.165) is 21.8 Å². The zero-order chi connectivity index (χ0) is 28.6. The van der Waals surface area contributed by atoms with Gasteiger partial charge in [0.15, 0.2) is 0 Å². The molecular weight excluding hydrogens is 503 g/mol. The number of aryl methyl sites for hydroxylation is 1. The average molecular weight is 522 g/mol. The first-order chi connectivity index (χ1) is 18.2. The Morgan fingerprint density at radius 1 is 1.18 bits per heavy atom. The zero-order valence-electron chi connectivity index (χ0n) is 21.3. The molecule has 4 rings (SSSR count). The van der Waals surface area contributed by atoms with Crippen molar-refractivity contribution >= 4 is 75.8 Å². The van der Waals surface area contributed by atoms with Gasteiger partial charge in [-0.25, -0.2) is 4.98 Å². The second-order valence-electron chi connectivity index (χ2n) is 9.60. The second-order valence-corrected chi connectivity index (χ2v) is 11.0. The van der Waals surface area contributed by atoms with E-state index in [2.05, 4.69) is 10.3 Å². The molecule has 0 saturated heterocycles. The minimum absolute atomic E-state index is 0.0315. The number of benzene rings is 1. The van der Waals surface area contributed by atoms with Gasteiger partial charge >= 0.3 is 0 Å². The van der Waals surface area contributed by atoms with E-state index < -0.39 is 26.7 Å². The number of amides is 1. The molecule has 1 aliphatic rings. The number of carbonyl (C=O) groups is 1. The van der Waals surface area contributed by atoms with Gasteiger partial charge in [-0.2, -0.15) is 5.26 Å². The van der Waals surface area contributed by atoms with Crippen LogP contribution in [0.5, 0.6) is 5.88 Å². The summed E-state index contributed by atoms with van der Waals surface area (Å²) in [7, 11) is 36.4. The van der Waals surface area contributed by atoms with Gasteiger partial charge in [0.05, 0.1) is 63.5 Å². The molecule has 1 N–H and O–H groups in total. The van der Waals surface area contributed by atoms with Crippen LogP contribution in [0.1, 0.15) is 34.3 Å². The third-order valence-electron chi connectivity index (χ3n) is 6.14. The van der Waals surface area contributed by atoms with Crippen LogP contribution in [0.3, 0.4) is 0 Å². The summed E-state index contributed by atoms with van der Waals surface area (Å²) < 4.78 is 7.97. The number of rotatable bonds is 10. The summed E-state index contributed by atoms with van der Waals surface area (Å²) in [6.07, 6.45) is 2.95. The fraction of sp³-hybridized carbons (Fsp3) is 0.333. The maximum absolute atomic E-state index is 13.1. The van der Waals surface area contributed by atoms with Crippen LogP contribution in [0.2, 0.25) is 0 Å². The van der Waals surface area contributed by atoms with Gasteiger partial charge in [-0.05, 0) is 42.7 Å². The lowest BCUT2D eigenvalue weighted by Gasteiger charge is -2.48. The summed E-state index contributed by atoms with van der Waals surface area (Å²) >= 11 is 1.11. The number of nitrogens with zero attached hydrogens (tertiary/aromatic N) is 4. The average Bonchev–Trinajstić information content (AvgIpc) is 3.65. The van der Waals surface area contributed by atoms with E-state index in [9.17, 15) is 9.59 Å². The van der Waals surface area contributed by atoms with Crippen molar-refractivity contribution in [3.63, 3.8) is 0 Å². The molecule has 0 atom stereocenters. The Labute approximate surface area is 239 Å². The predicted molar refractivity (Wildman–Crippen MR) is 156 cm³/mol. The molecule has 1 fully saturated rings. The number of carbonyl (C=O) groups excluding carboxylic acids is 1. The van der Waals surface area contributed by atoms with Crippen LogP contribution in [-0.2, 0) is 13.6 Å². The third kappa shape index (κ3) is 6.62. The van der Waals surface area contributed by atoms with E-state index in [-0.39, 0.29) is 24.6 Å².